The Kier molecular flexibility index (Phi) is 4.30. The summed E-state index contributed by atoms with van der Waals surface area (Å²) in [4.78, 5) is 0. The van der Waals surface area contributed by atoms with Gasteiger partial charge in [0.2, 0.25) is 0 Å². The summed E-state index contributed by atoms with van der Waals surface area (Å²) in [7, 11) is 0. The minimum absolute atomic E-state index is 0.492. The van der Waals surface area contributed by atoms with Gasteiger partial charge in [-0.25, -0.2) is 0 Å². The van der Waals surface area contributed by atoms with Crippen molar-refractivity contribution in [1.29, 1.82) is 0 Å². The van der Waals surface area contributed by atoms with Gasteiger partial charge in [-0.3, -0.25) is 0 Å². The molecule has 1 aromatic heterocycles. The van der Waals surface area contributed by atoms with E-state index in [9.17, 15) is 0 Å². The first-order valence-electron chi connectivity index (χ1n) is 7.79. The van der Waals surface area contributed by atoms with E-state index < -0.39 is 0 Å². The standard InChI is InChI=1S/C18H23NO2/c1-3-19-11-16-10-18(21-13(16)2)12-20-17-8-7-14-5-4-6-15(14)9-17/h7-10,19H,3-6,11-12H2,1-2H3. The Morgan fingerprint density at radius 1 is 1.19 bits per heavy atom. The van der Waals surface area contributed by atoms with Crippen molar-refractivity contribution < 1.29 is 9.15 Å². The highest BCUT2D eigenvalue weighted by atomic mass is 16.5. The summed E-state index contributed by atoms with van der Waals surface area (Å²) in [5.74, 6) is 2.81. The molecule has 0 spiro atoms. The molecule has 3 rings (SSSR count). The smallest absolute Gasteiger partial charge is 0.146 e. The summed E-state index contributed by atoms with van der Waals surface area (Å²) < 4.78 is 11.6. The van der Waals surface area contributed by atoms with E-state index in [1.165, 1.54) is 36.0 Å². The van der Waals surface area contributed by atoms with Crippen LogP contribution in [0.5, 0.6) is 5.75 Å². The molecule has 2 aromatic rings. The largest absolute Gasteiger partial charge is 0.486 e. The summed E-state index contributed by atoms with van der Waals surface area (Å²) in [5, 5.41) is 3.32. The van der Waals surface area contributed by atoms with E-state index in [0.717, 1.165) is 30.4 Å². The number of fused-ring (bicyclic) bond motifs is 1. The number of hydrogen-bond donors (Lipinski definition) is 1. The van der Waals surface area contributed by atoms with Gasteiger partial charge in [0.1, 0.15) is 23.9 Å². The van der Waals surface area contributed by atoms with Gasteiger partial charge in [-0.05, 0) is 62.1 Å². The van der Waals surface area contributed by atoms with Gasteiger partial charge in [0.15, 0.2) is 0 Å². The van der Waals surface area contributed by atoms with Gasteiger partial charge in [0.05, 0.1) is 0 Å². The van der Waals surface area contributed by atoms with Crippen molar-refractivity contribution in [3.05, 3.63) is 52.5 Å². The van der Waals surface area contributed by atoms with Gasteiger partial charge in [-0.15, -0.1) is 0 Å². The highest BCUT2D eigenvalue weighted by molar-refractivity contribution is 5.38. The van der Waals surface area contributed by atoms with Crippen LogP contribution in [0.3, 0.4) is 0 Å². The second kappa shape index (κ2) is 6.35. The quantitative estimate of drug-likeness (QED) is 0.877. The normalized spacial score (nSPS) is 13.4. The third-order valence-electron chi connectivity index (χ3n) is 4.09. The van der Waals surface area contributed by atoms with Gasteiger partial charge in [-0.2, -0.15) is 0 Å². The van der Waals surface area contributed by atoms with Crippen LogP contribution < -0.4 is 10.1 Å². The van der Waals surface area contributed by atoms with Gasteiger partial charge in [0.25, 0.3) is 0 Å². The van der Waals surface area contributed by atoms with Crippen molar-refractivity contribution in [1.82, 2.24) is 5.32 Å². The SMILES string of the molecule is CCNCc1cc(COc2ccc3c(c2)CCC3)oc1C. The topological polar surface area (TPSA) is 34.4 Å². The Hall–Kier alpha value is -1.74. The maximum Gasteiger partial charge on any atom is 0.146 e. The van der Waals surface area contributed by atoms with Crippen molar-refractivity contribution >= 4 is 0 Å². The van der Waals surface area contributed by atoms with Crippen molar-refractivity contribution in [2.75, 3.05) is 6.54 Å². The second-order valence-electron chi connectivity index (χ2n) is 5.65. The molecule has 0 fully saturated rings. The van der Waals surface area contributed by atoms with Crippen LogP contribution in [0.25, 0.3) is 0 Å². The van der Waals surface area contributed by atoms with Crippen LogP contribution >= 0.6 is 0 Å². The predicted octanol–water partition coefficient (Wildman–Crippen LogP) is 3.77. The molecule has 1 N–H and O–H groups in total. The lowest BCUT2D eigenvalue weighted by Gasteiger charge is -2.06. The van der Waals surface area contributed by atoms with Crippen LogP contribution in [0.1, 0.15) is 41.6 Å². The molecule has 0 aliphatic heterocycles. The van der Waals surface area contributed by atoms with Crippen LogP contribution in [-0.2, 0) is 26.0 Å². The number of aryl methyl sites for hydroxylation is 3. The lowest BCUT2D eigenvalue weighted by Crippen LogP contribution is -2.11. The molecule has 1 aliphatic rings. The first-order valence-corrected chi connectivity index (χ1v) is 7.79. The molecule has 0 saturated heterocycles. The number of rotatable bonds is 6. The van der Waals surface area contributed by atoms with Gasteiger partial charge in [-0.1, -0.05) is 13.0 Å². The fraction of sp³-hybridized carbons (Fsp3) is 0.444. The zero-order chi connectivity index (χ0) is 14.7. The molecule has 1 aromatic carbocycles. The monoisotopic (exact) mass is 285 g/mol. The molecule has 0 saturated carbocycles. The number of hydrogen-bond acceptors (Lipinski definition) is 3. The Morgan fingerprint density at radius 3 is 2.90 bits per heavy atom. The van der Waals surface area contributed by atoms with E-state index in [4.69, 9.17) is 9.15 Å². The molecule has 1 aliphatic carbocycles. The minimum Gasteiger partial charge on any atom is -0.486 e. The van der Waals surface area contributed by atoms with Crippen LogP contribution in [-0.4, -0.2) is 6.54 Å². The van der Waals surface area contributed by atoms with Crippen LogP contribution in [0.4, 0.5) is 0 Å². The molecule has 3 heteroatoms. The molecular weight excluding hydrogens is 262 g/mol. The first-order chi connectivity index (χ1) is 10.3. The lowest BCUT2D eigenvalue weighted by atomic mass is 10.1. The molecular formula is C18H23NO2. The zero-order valence-corrected chi connectivity index (χ0v) is 12.9. The Labute approximate surface area is 126 Å². The fourth-order valence-electron chi connectivity index (χ4n) is 2.89. The summed E-state index contributed by atoms with van der Waals surface area (Å²) in [6.07, 6.45) is 3.66. The van der Waals surface area contributed by atoms with Gasteiger partial charge >= 0.3 is 0 Å². The maximum absolute atomic E-state index is 5.88. The molecule has 0 unspecified atom stereocenters. The fourth-order valence-corrected chi connectivity index (χ4v) is 2.89. The van der Waals surface area contributed by atoms with E-state index in [-0.39, 0.29) is 0 Å². The Morgan fingerprint density at radius 2 is 2.05 bits per heavy atom. The maximum atomic E-state index is 5.88. The number of nitrogens with one attached hydrogen (secondary N) is 1. The van der Waals surface area contributed by atoms with E-state index in [1.807, 2.05) is 6.92 Å². The summed E-state index contributed by atoms with van der Waals surface area (Å²) in [6, 6.07) is 8.53. The average Bonchev–Trinajstić information content (AvgIpc) is 3.08. The number of benzene rings is 1. The summed E-state index contributed by atoms with van der Waals surface area (Å²) in [6.45, 7) is 6.42. The highest BCUT2D eigenvalue weighted by Crippen LogP contribution is 2.26. The molecule has 0 amide bonds. The van der Waals surface area contributed by atoms with E-state index in [0.29, 0.717) is 6.61 Å². The summed E-state index contributed by atoms with van der Waals surface area (Å²) >= 11 is 0. The molecule has 1 heterocycles. The number of ether oxygens (including phenoxy) is 1. The van der Waals surface area contributed by atoms with Gasteiger partial charge < -0.3 is 14.5 Å². The van der Waals surface area contributed by atoms with Crippen molar-refractivity contribution in [2.45, 2.75) is 46.3 Å². The van der Waals surface area contributed by atoms with E-state index in [2.05, 4.69) is 36.5 Å². The molecule has 0 radical (unpaired) electrons. The Balaban J connectivity index is 1.62. The van der Waals surface area contributed by atoms with Crippen LogP contribution in [0.15, 0.2) is 28.7 Å². The second-order valence-corrected chi connectivity index (χ2v) is 5.65. The van der Waals surface area contributed by atoms with E-state index in [1.54, 1.807) is 0 Å². The van der Waals surface area contributed by atoms with Crippen LogP contribution in [0.2, 0.25) is 0 Å². The molecule has 112 valence electrons. The van der Waals surface area contributed by atoms with Gasteiger partial charge in [0, 0.05) is 12.1 Å². The number of furan rings is 1. The van der Waals surface area contributed by atoms with Crippen molar-refractivity contribution in [3.63, 3.8) is 0 Å². The van der Waals surface area contributed by atoms with Crippen molar-refractivity contribution in [3.8, 4) is 5.75 Å². The zero-order valence-electron chi connectivity index (χ0n) is 12.9. The van der Waals surface area contributed by atoms with Crippen molar-refractivity contribution in [2.24, 2.45) is 0 Å². The molecule has 0 bridgehead atoms. The third kappa shape index (κ3) is 3.30. The first kappa shape index (κ1) is 14.2. The third-order valence-corrected chi connectivity index (χ3v) is 4.09. The molecule has 21 heavy (non-hydrogen) atoms. The predicted molar refractivity (Wildman–Crippen MR) is 83.6 cm³/mol. The molecule has 0 atom stereocenters. The lowest BCUT2D eigenvalue weighted by molar-refractivity contribution is 0.267. The highest BCUT2D eigenvalue weighted by Gasteiger charge is 2.12. The minimum atomic E-state index is 0.492. The molecule has 3 nitrogen and oxygen atoms in total. The van der Waals surface area contributed by atoms with Crippen LogP contribution in [0, 0.1) is 6.92 Å². The summed E-state index contributed by atoms with van der Waals surface area (Å²) in [5.41, 5.74) is 4.13. The van der Waals surface area contributed by atoms with E-state index >= 15 is 0 Å². The Bertz CT molecular complexity index is 616. The average molecular weight is 285 g/mol.